The van der Waals surface area contributed by atoms with Crippen LogP contribution in [0.5, 0.6) is 0 Å². The minimum atomic E-state index is -3.73. The normalized spacial score (nSPS) is 13.2. The number of rotatable bonds is 4. The number of anilines is 1. The first kappa shape index (κ1) is 17.4. The Bertz CT molecular complexity index is 855. The van der Waals surface area contributed by atoms with Gasteiger partial charge >= 0.3 is 0 Å². The molecule has 1 aliphatic rings. The number of nitrogens with zero attached hydrogens (tertiary/aromatic N) is 1. The smallest absolute Gasteiger partial charge is 0.274 e. The monoisotopic (exact) mass is 354 g/mol. The fourth-order valence-electron chi connectivity index (χ4n) is 2.42. The number of aromatic nitrogens is 1. The van der Waals surface area contributed by atoms with E-state index in [4.69, 9.17) is 5.14 Å². The highest BCUT2D eigenvalue weighted by Gasteiger charge is 2.22. The molecule has 0 spiro atoms. The molecule has 1 aliphatic heterocycles. The van der Waals surface area contributed by atoms with Crippen LogP contribution in [0.1, 0.15) is 11.1 Å². The summed E-state index contributed by atoms with van der Waals surface area (Å²) >= 11 is 0. The second kappa shape index (κ2) is 6.63. The minimum absolute atomic E-state index is 0. The summed E-state index contributed by atoms with van der Waals surface area (Å²) in [4.78, 5) is 15.7. The maximum atomic E-state index is 11.5. The van der Waals surface area contributed by atoms with Crippen LogP contribution < -0.4 is 15.2 Å². The highest BCUT2D eigenvalue weighted by Crippen LogP contribution is 2.31. The van der Waals surface area contributed by atoms with Crippen molar-refractivity contribution in [3.63, 3.8) is 0 Å². The van der Waals surface area contributed by atoms with E-state index in [2.05, 4.69) is 15.0 Å². The van der Waals surface area contributed by atoms with Gasteiger partial charge in [-0.3, -0.25) is 4.79 Å². The van der Waals surface area contributed by atoms with Crippen LogP contribution >= 0.6 is 12.4 Å². The molecule has 2 aromatic rings. The Morgan fingerprint density at radius 3 is 2.83 bits per heavy atom. The fraction of sp³-hybridized carbons (Fsp3) is 0.143. The first-order chi connectivity index (χ1) is 10.4. The predicted octanol–water partition coefficient (Wildman–Crippen LogP) is 0.958. The Hall–Kier alpha value is -2.00. The van der Waals surface area contributed by atoms with Gasteiger partial charge in [-0.2, -0.15) is 13.1 Å². The number of amides is 1. The number of hydrogen-bond acceptors (Lipinski definition) is 4. The first-order valence-electron chi connectivity index (χ1n) is 6.57. The van der Waals surface area contributed by atoms with Gasteiger partial charge in [0.1, 0.15) is 5.82 Å². The SMILES string of the molecule is Cl.NS(=O)(=O)NCc1cccc(-c2ccnc3c2CC(=O)N3)c1. The molecule has 0 bridgehead atoms. The van der Waals surface area contributed by atoms with Gasteiger partial charge in [-0.15, -0.1) is 12.4 Å². The molecule has 0 saturated carbocycles. The van der Waals surface area contributed by atoms with Crippen molar-refractivity contribution in [2.24, 2.45) is 5.14 Å². The Labute approximate surface area is 139 Å². The van der Waals surface area contributed by atoms with Crippen molar-refractivity contribution in [2.45, 2.75) is 13.0 Å². The second-order valence-electron chi connectivity index (χ2n) is 4.98. The Morgan fingerprint density at radius 2 is 2.09 bits per heavy atom. The van der Waals surface area contributed by atoms with E-state index in [1.54, 1.807) is 12.3 Å². The summed E-state index contributed by atoms with van der Waals surface area (Å²) in [5.74, 6) is 0.498. The zero-order chi connectivity index (χ0) is 15.7. The molecule has 23 heavy (non-hydrogen) atoms. The quantitative estimate of drug-likeness (QED) is 0.758. The molecule has 1 aromatic heterocycles. The summed E-state index contributed by atoms with van der Waals surface area (Å²) in [7, 11) is -3.73. The highest BCUT2D eigenvalue weighted by atomic mass is 35.5. The lowest BCUT2D eigenvalue weighted by molar-refractivity contribution is -0.115. The van der Waals surface area contributed by atoms with Crippen molar-refractivity contribution >= 4 is 34.3 Å². The molecule has 9 heteroatoms. The molecule has 0 saturated heterocycles. The summed E-state index contributed by atoms with van der Waals surface area (Å²) in [6.07, 6.45) is 1.92. The van der Waals surface area contributed by atoms with E-state index in [1.165, 1.54) is 0 Å². The summed E-state index contributed by atoms with van der Waals surface area (Å²) in [6, 6.07) is 9.22. The molecule has 1 aromatic carbocycles. The molecule has 0 unspecified atom stereocenters. The third-order valence-corrected chi connectivity index (χ3v) is 3.91. The van der Waals surface area contributed by atoms with Crippen molar-refractivity contribution in [3.05, 3.63) is 47.7 Å². The number of benzene rings is 1. The molecule has 1 amide bonds. The molecule has 0 radical (unpaired) electrons. The van der Waals surface area contributed by atoms with Crippen LogP contribution in [0.2, 0.25) is 0 Å². The van der Waals surface area contributed by atoms with E-state index < -0.39 is 10.2 Å². The molecule has 122 valence electrons. The lowest BCUT2D eigenvalue weighted by Crippen LogP contribution is -2.30. The number of fused-ring (bicyclic) bond motifs is 1. The lowest BCUT2D eigenvalue weighted by Gasteiger charge is -2.09. The third kappa shape index (κ3) is 4.05. The molecular weight excluding hydrogens is 340 g/mol. The van der Waals surface area contributed by atoms with Crippen molar-refractivity contribution in [2.75, 3.05) is 5.32 Å². The van der Waals surface area contributed by atoms with Crippen LogP contribution in [-0.4, -0.2) is 19.3 Å². The fourth-order valence-corrected chi connectivity index (χ4v) is 2.79. The van der Waals surface area contributed by atoms with Gasteiger partial charge in [0, 0.05) is 18.3 Å². The summed E-state index contributed by atoms with van der Waals surface area (Å²) in [5.41, 5.74) is 3.42. The maximum absolute atomic E-state index is 11.5. The number of halogens is 1. The van der Waals surface area contributed by atoms with Crippen LogP contribution in [0.3, 0.4) is 0 Å². The number of pyridine rings is 1. The molecule has 0 fully saturated rings. The van der Waals surface area contributed by atoms with E-state index in [-0.39, 0.29) is 31.3 Å². The topological polar surface area (TPSA) is 114 Å². The van der Waals surface area contributed by atoms with Gasteiger partial charge in [-0.25, -0.2) is 10.1 Å². The highest BCUT2D eigenvalue weighted by molar-refractivity contribution is 7.87. The van der Waals surface area contributed by atoms with E-state index in [0.717, 1.165) is 22.3 Å². The zero-order valence-electron chi connectivity index (χ0n) is 11.9. The van der Waals surface area contributed by atoms with Crippen LogP contribution in [0.25, 0.3) is 11.1 Å². The van der Waals surface area contributed by atoms with Gasteiger partial charge in [0.2, 0.25) is 5.91 Å². The number of nitrogens with two attached hydrogens (primary N) is 1. The molecule has 3 rings (SSSR count). The molecule has 2 heterocycles. The van der Waals surface area contributed by atoms with Crippen molar-refractivity contribution in [3.8, 4) is 11.1 Å². The minimum Gasteiger partial charge on any atom is -0.310 e. The van der Waals surface area contributed by atoms with Crippen molar-refractivity contribution < 1.29 is 13.2 Å². The van der Waals surface area contributed by atoms with Gasteiger partial charge in [-0.05, 0) is 28.8 Å². The first-order valence-corrected chi connectivity index (χ1v) is 8.11. The van der Waals surface area contributed by atoms with E-state index in [1.807, 2.05) is 24.3 Å². The third-order valence-electron chi connectivity index (χ3n) is 3.37. The maximum Gasteiger partial charge on any atom is 0.274 e. The van der Waals surface area contributed by atoms with Crippen molar-refractivity contribution in [1.29, 1.82) is 0 Å². The van der Waals surface area contributed by atoms with Crippen LogP contribution in [0.15, 0.2) is 36.5 Å². The molecule has 4 N–H and O–H groups in total. The zero-order valence-corrected chi connectivity index (χ0v) is 13.6. The molecule has 0 aliphatic carbocycles. The van der Waals surface area contributed by atoms with Crippen LogP contribution in [0, 0.1) is 0 Å². The van der Waals surface area contributed by atoms with E-state index >= 15 is 0 Å². The average Bonchev–Trinajstić information content (AvgIpc) is 2.84. The molecule has 0 atom stereocenters. The van der Waals surface area contributed by atoms with Gasteiger partial charge in [0.15, 0.2) is 0 Å². The van der Waals surface area contributed by atoms with Crippen LogP contribution in [-0.2, 0) is 28.0 Å². The van der Waals surface area contributed by atoms with Crippen molar-refractivity contribution in [1.82, 2.24) is 9.71 Å². The Morgan fingerprint density at radius 1 is 1.30 bits per heavy atom. The predicted molar refractivity (Wildman–Crippen MR) is 89.2 cm³/mol. The molecular formula is C14H15ClN4O3S. The Balaban J connectivity index is 0.00000192. The van der Waals surface area contributed by atoms with Gasteiger partial charge < -0.3 is 5.32 Å². The number of hydrogen-bond donors (Lipinski definition) is 3. The second-order valence-corrected chi connectivity index (χ2v) is 6.36. The van der Waals surface area contributed by atoms with E-state index in [9.17, 15) is 13.2 Å². The van der Waals surface area contributed by atoms with Gasteiger partial charge in [0.05, 0.1) is 6.42 Å². The number of carbonyl (C=O) groups excluding carboxylic acids is 1. The summed E-state index contributed by atoms with van der Waals surface area (Å²) < 4.78 is 24.2. The summed E-state index contributed by atoms with van der Waals surface area (Å²) in [6.45, 7) is 0.108. The average molecular weight is 355 g/mol. The summed E-state index contributed by atoms with van der Waals surface area (Å²) in [5, 5.41) is 7.64. The lowest BCUT2D eigenvalue weighted by atomic mass is 9.98. The molecule has 7 nitrogen and oxygen atoms in total. The largest absolute Gasteiger partial charge is 0.310 e. The van der Waals surface area contributed by atoms with Crippen LogP contribution in [0.4, 0.5) is 5.82 Å². The van der Waals surface area contributed by atoms with Gasteiger partial charge in [0.25, 0.3) is 10.2 Å². The van der Waals surface area contributed by atoms with Gasteiger partial charge in [-0.1, -0.05) is 18.2 Å². The number of carbonyl (C=O) groups is 1. The standard InChI is InChI=1S/C14H14N4O3S.ClH/c15-22(20,21)17-8-9-2-1-3-10(6-9)11-4-5-16-14-12(11)7-13(19)18-14;/h1-6,17H,7-8H2,(H2,15,20,21)(H,16,18,19);1H. The Kier molecular flexibility index (Phi) is 5.00. The van der Waals surface area contributed by atoms with E-state index in [0.29, 0.717) is 5.82 Å². The number of nitrogens with one attached hydrogen (secondary N) is 2.